The summed E-state index contributed by atoms with van der Waals surface area (Å²) in [5, 5.41) is 6.26. The minimum Gasteiger partial charge on any atom is -0.338 e. The lowest BCUT2D eigenvalue weighted by molar-refractivity contribution is -0.115. The first-order chi connectivity index (χ1) is 10.3. The van der Waals surface area contributed by atoms with Gasteiger partial charge in [-0.3, -0.25) is 10.1 Å². The van der Waals surface area contributed by atoms with E-state index >= 15 is 0 Å². The van der Waals surface area contributed by atoms with Crippen molar-refractivity contribution in [3.05, 3.63) is 41.6 Å². The fourth-order valence-corrected chi connectivity index (χ4v) is 2.80. The molecule has 0 saturated heterocycles. The SMILES string of the molecule is Cc1cc(NC(=O)C(C)Sc2ccc(C(C)(C)C)cc2)on1. The van der Waals surface area contributed by atoms with E-state index in [4.69, 9.17) is 4.52 Å². The van der Waals surface area contributed by atoms with E-state index in [0.717, 1.165) is 10.6 Å². The van der Waals surface area contributed by atoms with Gasteiger partial charge in [-0.1, -0.05) is 38.1 Å². The summed E-state index contributed by atoms with van der Waals surface area (Å²) in [5.41, 5.74) is 2.16. The zero-order chi connectivity index (χ0) is 16.3. The number of hydrogen-bond donors (Lipinski definition) is 1. The highest BCUT2D eigenvalue weighted by Gasteiger charge is 2.17. The molecule has 5 heteroatoms. The van der Waals surface area contributed by atoms with Crippen molar-refractivity contribution in [1.29, 1.82) is 0 Å². The van der Waals surface area contributed by atoms with E-state index in [1.807, 2.05) is 13.8 Å². The number of nitrogens with zero attached hydrogens (tertiary/aromatic N) is 1. The Hall–Kier alpha value is -1.75. The van der Waals surface area contributed by atoms with Crippen LogP contribution in [0.5, 0.6) is 0 Å². The van der Waals surface area contributed by atoms with Gasteiger partial charge in [-0.2, -0.15) is 0 Å². The van der Waals surface area contributed by atoms with Crippen LogP contribution in [0.2, 0.25) is 0 Å². The summed E-state index contributed by atoms with van der Waals surface area (Å²) in [5.74, 6) is 0.291. The molecule has 1 unspecified atom stereocenters. The topological polar surface area (TPSA) is 55.1 Å². The number of benzene rings is 1. The van der Waals surface area contributed by atoms with Crippen LogP contribution in [0.1, 0.15) is 39.0 Å². The molecule has 4 nitrogen and oxygen atoms in total. The van der Waals surface area contributed by atoms with Gasteiger partial charge in [0.1, 0.15) is 0 Å². The summed E-state index contributed by atoms with van der Waals surface area (Å²) in [6.45, 7) is 10.2. The number of rotatable bonds is 4. The Morgan fingerprint density at radius 2 is 1.91 bits per heavy atom. The molecule has 2 aromatic rings. The lowest BCUT2D eigenvalue weighted by Gasteiger charge is -2.19. The summed E-state index contributed by atoms with van der Waals surface area (Å²) in [4.78, 5) is 13.2. The number of anilines is 1. The molecule has 0 spiro atoms. The number of thioether (sulfide) groups is 1. The van der Waals surface area contributed by atoms with Crippen molar-refractivity contribution in [1.82, 2.24) is 5.16 Å². The first kappa shape index (κ1) is 16.6. The molecule has 0 radical (unpaired) electrons. The number of hydrogen-bond acceptors (Lipinski definition) is 4. The van der Waals surface area contributed by atoms with Gasteiger partial charge < -0.3 is 4.52 Å². The molecule has 118 valence electrons. The maximum atomic E-state index is 12.1. The van der Waals surface area contributed by atoms with Gasteiger partial charge in [0.25, 0.3) is 0 Å². The third-order valence-corrected chi connectivity index (χ3v) is 4.39. The summed E-state index contributed by atoms with van der Waals surface area (Å²) in [6.07, 6.45) is 0. The van der Waals surface area contributed by atoms with Crippen LogP contribution in [-0.4, -0.2) is 16.3 Å². The number of carbonyl (C=O) groups excluding carboxylic acids is 1. The number of aromatic nitrogens is 1. The van der Waals surface area contributed by atoms with Crippen molar-refractivity contribution in [2.24, 2.45) is 0 Å². The van der Waals surface area contributed by atoms with Crippen molar-refractivity contribution in [2.75, 3.05) is 5.32 Å². The van der Waals surface area contributed by atoms with Gasteiger partial charge in [-0.05, 0) is 37.0 Å². The number of amides is 1. The van der Waals surface area contributed by atoms with E-state index in [2.05, 4.69) is 55.5 Å². The maximum Gasteiger partial charge on any atom is 0.239 e. The standard InChI is InChI=1S/C17H22N2O2S/c1-11-10-15(21-19-11)18-16(20)12(2)22-14-8-6-13(7-9-14)17(3,4)5/h6-10,12H,1-5H3,(H,18,20). The average molecular weight is 318 g/mol. The van der Waals surface area contributed by atoms with Gasteiger partial charge in [0, 0.05) is 11.0 Å². The third kappa shape index (κ3) is 4.37. The molecular weight excluding hydrogens is 296 g/mol. The van der Waals surface area contributed by atoms with Crippen LogP contribution < -0.4 is 5.32 Å². The van der Waals surface area contributed by atoms with Gasteiger partial charge in [0.15, 0.2) is 0 Å². The summed E-state index contributed by atoms with van der Waals surface area (Å²) < 4.78 is 5.00. The highest BCUT2D eigenvalue weighted by atomic mass is 32.2. The molecule has 1 atom stereocenters. The van der Waals surface area contributed by atoms with Gasteiger partial charge in [-0.15, -0.1) is 11.8 Å². The monoisotopic (exact) mass is 318 g/mol. The molecule has 1 aromatic carbocycles. The highest BCUT2D eigenvalue weighted by molar-refractivity contribution is 8.00. The normalized spacial score (nSPS) is 13.0. The Kier molecular flexibility index (Phi) is 4.96. The van der Waals surface area contributed by atoms with Crippen LogP contribution in [0.4, 0.5) is 5.88 Å². The molecule has 1 heterocycles. The molecule has 0 saturated carbocycles. The molecule has 0 aliphatic rings. The predicted molar refractivity (Wildman–Crippen MR) is 90.3 cm³/mol. The zero-order valence-electron chi connectivity index (χ0n) is 13.6. The molecular formula is C17H22N2O2S. The zero-order valence-corrected chi connectivity index (χ0v) is 14.5. The van der Waals surface area contributed by atoms with Gasteiger partial charge in [0.2, 0.25) is 11.8 Å². The minimum atomic E-state index is -0.217. The van der Waals surface area contributed by atoms with E-state index in [0.29, 0.717) is 5.88 Å². The quantitative estimate of drug-likeness (QED) is 0.849. The lowest BCUT2D eigenvalue weighted by atomic mass is 9.87. The van der Waals surface area contributed by atoms with Crippen molar-refractivity contribution < 1.29 is 9.32 Å². The van der Waals surface area contributed by atoms with E-state index in [-0.39, 0.29) is 16.6 Å². The van der Waals surface area contributed by atoms with Crippen molar-refractivity contribution >= 4 is 23.6 Å². The van der Waals surface area contributed by atoms with Crippen LogP contribution in [0.25, 0.3) is 0 Å². The Labute approximate surface area is 135 Å². The second-order valence-electron chi connectivity index (χ2n) is 6.36. The smallest absolute Gasteiger partial charge is 0.239 e. The maximum absolute atomic E-state index is 12.1. The van der Waals surface area contributed by atoms with Crippen LogP contribution in [-0.2, 0) is 10.2 Å². The molecule has 1 N–H and O–H groups in total. The van der Waals surface area contributed by atoms with Crippen LogP contribution in [0.3, 0.4) is 0 Å². The molecule has 22 heavy (non-hydrogen) atoms. The minimum absolute atomic E-state index is 0.0963. The number of carbonyl (C=O) groups is 1. The molecule has 0 aliphatic heterocycles. The Morgan fingerprint density at radius 3 is 2.41 bits per heavy atom. The Bertz CT molecular complexity index is 641. The van der Waals surface area contributed by atoms with Crippen LogP contribution >= 0.6 is 11.8 Å². The van der Waals surface area contributed by atoms with Crippen LogP contribution in [0.15, 0.2) is 39.8 Å². The average Bonchev–Trinajstić information content (AvgIpc) is 2.83. The second kappa shape index (κ2) is 6.57. The van der Waals surface area contributed by atoms with Crippen molar-refractivity contribution in [3.63, 3.8) is 0 Å². The molecule has 0 bridgehead atoms. The third-order valence-electron chi connectivity index (χ3n) is 3.28. The molecule has 2 rings (SSSR count). The molecule has 1 amide bonds. The van der Waals surface area contributed by atoms with E-state index in [1.54, 1.807) is 6.07 Å². The number of nitrogens with one attached hydrogen (secondary N) is 1. The Balaban J connectivity index is 1.96. The van der Waals surface area contributed by atoms with Gasteiger partial charge >= 0.3 is 0 Å². The highest BCUT2D eigenvalue weighted by Crippen LogP contribution is 2.28. The van der Waals surface area contributed by atoms with E-state index < -0.39 is 0 Å². The fourth-order valence-electron chi connectivity index (χ4n) is 1.94. The lowest BCUT2D eigenvalue weighted by Crippen LogP contribution is -2.22. The summed E-state index contributed by atoms with van der Waals surface area (Å²) in [6, 6.07) is 10.1. The summed E-state index contributed by atoms with van der Waals surface area (Å²) >= 11 is 1.52. The van der Waals surface area contributed by atoms with Crippen molar-refractivity contribution in [3.8, 4) is 0 Å². The first-order valence-electron chi connectivity index (χ1n) is 7.27. The summed E-state index contributed by atoms with van der Waals surface area (Å²) in [7, 11) is 0. The van der Waals surface area contributed by atoms with E-state index in [1.165, 1.54) is 17.3 Å². The van der Waals surface area contributed by atoms with Crippen molar-refractivity contribution in [2.45, 2.75) is 50.2 Å². The largest absolute Gasteiger partial charge is 0.338 e. The van der Waals surface area contributed by atoms with Gasteiger partial charge in [-0.25, -0.2) is 0 Å². The molecule has 0 aliphatic carbocycles. The molecule has 0 fully saturated rings. The molecule has 1 aromatic heterocycles. The number of aryl methyl sites for hydroxylation is 1. The second-order valence-corrected chi connectivity index (χ2v) is 7.77. The fraction of sp³-hybridized carbons (Fsp3) is 0.412. The van der Waals surface area contributed by atoms with Gasteiger partial charge in [0.05, 0.1) is 10.9 Å². The predicted octanol–water partition coefficient (Wildman–Crippen LogP) is 4.40. The Morgan fingerprint density at radius 1 is 1.27 bits per heavy atom. The van der Waals surface area contributed by atoms with E-state index in [9.17, 15) is 4.79 Å². The van der Waals surface area contributed by atoms with Crippen LogP contribution in [0, 0.1) is 6.92 Å². The first-order valence-corrected chi connectivity index (χ1v) is 8.15.